The number of amides is 1. The highest BCUT2D eigenvalue weighted by molar-refractivity contribution is 7.95. The first-order valence-electron chi connectivity index (χ1n) is 10.5. The van der Waals surface area contributed by atoms with Gasteiger partial charge in [0.05, 0.1) is 18.5 Å². The van der Waals surface area contributed by atoms with Gasteiger partial charge in [0, 0.05) is 13.6 Å². The van der Waals surface area contributed by atoms with Gasteiger partial charge in [0.1, 0.15) is 5.82 Å². The minimum atomic E-state index is -3.83. The van der Waals surface area contributed by atoms with Crippen LogP contribution >= 0.6 is 0 Å². The third-order valence-corrected chi connectivity index (χ3v) is 7.74. The van der Waals surface area contributed by atoms with Gasteiger partial charge in [-0.05, 0) is 41.8 Å². The molecule has 0 bridgehead atoms. The maximum atomic E-state index is 13.5. The number of rotatable bonds is 6. The summed E-state index contributed by atoms with van der Waals surface area (Å²) in [6.45, 7) is 0.528. The minimum Gasteiger partial charge on any atom is -0.593 e. The smallest absolute Gasteiger partial charge is 0.227 e. The third-order valence-electron chi connectivity index (χ3n) is 5.85. The molecule has 3 aromatic carbocycles. The number of nitrogens with zero attached hydrogens (tertiary/aromatic N) is 2. The lowest BCUT2D eigenvalue weighted by atomic mass is 9.99. The molecule has 0 aromatic heterocycles. The van der Waals surface area contributed by atoms with Gasteiger partial charge in [0.25, 0.3) is 0 Å². The number of benzene rings is 3. The second-order valence-corrected chi connectivity index (χ2v) is 9.96. The van der Waals surface area contributed by atoms with Crippen LogP contribution in [0.25, 0.3) is 0 Å². The molecule has 3 aromatic rings. The van der Waals surface area contributed by atoms with Crippen LogP contribution in [0.5, 0.6) is 0 Å². The Labute approximate surface area is 188 Å². The molecule has 1 fully saturated rings. The average molecular weight is 453 g/mol. The maximum Gasteiger partial charge on any atom is 0.227 e. The van der Waals surface area contributed by atoms with Crippen molar-refractivity contribution in [2.24, 2.45) is 5.92 Å². The summed E-state index contributed by atoms with van der Waals surface area (Å²) >= 11 is 0. The molecule has 1 aliphatic heterocycles. The van der Waals surface area contributed by atoms with E-state index in [-0.39, 0.29) is 23.2 Å². The fraction of sp³-hybridized carbons (Fsp3) is 0.240. The van der Waals surface area contributed by atoms with Crippen LogP contribution in [0.4, 0.5) is 4.39 Å². The fourth-order valence-electron chi connectivity index (χ4n) is 4.21. The molecular formula is C25H25FN2O3S. The molecule has 1 amide bonds. The van der Waals surface area contributed by atoms with Crippen molar-refractivity contribution in [1.82, 2.24) is 9.21 Å². The molecule has 0 spiro atoms. The van der Waals surface area contributed by atoms with Gasteiger partial charge < -0.3 is 9.45 Å². The van der Waals surface area contributed by atoms with Crippen LogP contribution in [-0.2, 0) is 25.9 Å². The minimum absolute atomic E-state index is 0.0806. The Morgan fingerprint density at radius 1 is 1.03 bits per heavy atom. The summed E-state index contributed by atoms with van der Waals surface area (Å²) in [4.78, 5) is 15.1. The zero-order valence-corrected chi connectivity index (χ0v) is 18.6. The van der Waals surface area contributed by atoms with Gasteiger partial charge in [0.15, 0.2) is 15.3 Å². The second-order valence-electron chi connectivity index (χ2n) is 8.07. The molecule has 1 heterocycles. The van der Waals surface area contributed by atoms with E-state index < -0.39 is 22.4 Å². The number of carbonyl (C=O) groups excluding carboxylic acids is 1. The molecule has 0 aliphatic carbocycles. The van der Waals surface area contributed by atoms with Crippen molar-refractivity contribution in [2.45, 2.75) is 23.9 Å². The van der Waals surface area contributed by atoms with Crippen LogP contribution in [0.3, 0.4) is 0 Å². The van der Waals surface area contributed by atoms with Crippen LogP contribution < -0.4 is 0 Å². The van der Waals surface area contributed by atoms with Crippen LogP contribution in [0.1, 0.15) is 23.6 Å². The summed E-state index contributed by atoms with van der Waals surface area (Å²) in [6.07, 6.45) is 0.343. The van der Waals surface area contributed by atoms with Crippen molar-refractivity contribution >= 4 is 16.3 Å². The predicted molar refractivity (Wildman–Crippen MR) is 120 cm³/mol. The highest BCUT2D eigenvalue weighted by Crippen LogP contribution is 2.42. The molecule has 3 atom stereocenters. The zero-order valence-electron chi connectivity index (χ0n) is 17.8. The molecule has 5 nitrogen and oxygen atoms in total. The molecule has 4 rings (SSSR count). The van der Waals surface area contributed by atoms with Gasteiger partial charge in [-0.3, -0.25) is 4.79 Å². The summed E-state index contributed by atoms with van der Waals surface area (Å²) < 4.78 is 41.8. The largest absolute Gasteiger partial charge is 0.593 e. The van der Waals surface area contributed by atoms with Crippen LogP contribution in [0.15, 0.2) is 89.8 Å². The lowest BCUT2D eigenvalue weighted by Crippen LogP contribution is -2.38. The first-order valence-corrected chi connectivity index (χ1v) is 11.9. The Morgan fingerprint density at radius 2 is 1.62 bits per heavy atom. The average Bonchev–Trinajstić information content (AvgIpc) is 3.26. The molecular weight excluding hydrogens is 427 g/mol. The van der Waals surface area contributed by atoms with Gasteiger partial charge in [-0.15, -0.1) is 4.31 Å². The lowest BCUT2D eigenvalue weighted by Gasteiger charge is -2.28. The van der Waals surface area contributed by atoms with E-state index in [0.29, 0.717) is 18.5 Å². The Kier molecular flexibility index (Phi) is 6.50. The fourth-order valence-corrected chi connectivity index (χ4v) is 5.90. The number of carbonyl (C=O) groups is 1. The Balaban J connectivity index is 1.61. The maximum absolute atomic E-state index is 13.5. The van der Waals surface area contributed by atoms with Crippen molar-refractivity contribution < 1.29 is 17.9 Å². The summed E-state index contributed by atoms with van der Waals surface area (Å²) in [5, 5.41) is 0. The summed E-state index contributed by atoms with van der Waals surface area (Å²) in [6, 6.07) is 23.1. The van der Waals surface area contributed by atoms with E-state index >= 15 is 0 Å². The zero-order chi connectivity index (χ0) is 22.7. The van der Waals surface area contributed by atoms with E-state index in [2.05, 4.69) is 0 Å². The Hall–Kier alpha value is -2.87. The van der Waals surface area contributed by atoms with E-state index in [9.17, 15) is 17.9 Å². The van der Waals surface area contributed by atoms with E-state index in [4.69, 9.17) is 0 Å². The highest BCUT2D eigenvalue weighted by atomic mass is 32.3. The Morgan fingerprint density at radius 3 is 2.25 bits per heavy atom. The number of sulfonamides is 1. The van der Waals surface area contributed by atoms with Crippen molar-refractivity contribution in [3.05, 3.63) is 102 Å². The van der Waals surface area contributed by atoms with Crippen LogP contribution in [-0.4, -0.2) is 33.3 Å². The van der Waals surface area contributed by atoms with Crippen molar-refractivity contribution in [2.75, 3.05) is 13.6 Å². The second kappa shape index (κ2) is 9.32. The molecule has 1 unspecified atom stereocenters. The van der Waals surface area contributed by atoms with Crippen LogP contribution in [0.2, 0.25) is 0 Å². The molecule has 7 heteroatoms. The number of halogens is 1. The Bertz CT molecular complexity index is 1110. The van der Waals surface area contributed by atoms with Gasteiger partial charge in [-0.25, -0.2) is 4.39 Å². The first kappa shape index (κ1) is 22.3. The third kappa shape index (κ3) is 4.65. The molecule has 32 heavy (non-hydrogen) atoms. The normalized spacial score (nSPS) is 20.6. The van der Waals surface area contributed by atoms with Crippen molar-refractivity contribution in [1.29, 1.82) is 0 Å². The predicted octanol–water partition coefficient (Wildman–Crippen LogP) is 4.45. The quantitative estimate of drug-likeness (QED) is 0.519. The van der Waals surface area contributed by atoms with E-state index in [1.807, 2.05) is 30.3 Å². The molecule has 1 aliphatic rings. The molecule has 0 saturated carbocycles. The van der Waals surface area contributed by atoms with Gasteiger partial charge >= 0.3 is 0 Å². The van der Waals surface area contributed by atoms with Gasteiger partial charge in [-0.1, -0.05) is 64.9 Å². The van der Waals surface area contributed by atoms with E-state index in [1.54, 1.807) is 54.4 Å². The summed E-state index contributed by atoms with van der Waals surface area (Å²) in [5.41, 5.74) is 1.68. The number of hydrogen-bond acceptors (Lipinski definition) is 3. The van der Waals surface area contributed by atoms with Gasteiger partial charge in [-0.2, -0.15) is 0 Å². The van der Waals surface area contributed by atoms with Crippen molar-refractivity contribution in [3.63, 3.8) is 0 Å². The molecule has 0 radical (unpaired) electrons. The van der Waals surface area contributed by atoms with E-state index in [0.717, 1.165) is 5.56 Å². The van der Waals surface area contributed by atoms with E-state index in [1.165, 1.54) is 16.4 Å². The molecule has 166 valence electrons. The summed E-state index contributed by atoms with van der Waals surface area (Å²) in [5.74, 6) is -0.983. The SMILES string of the molecule is CN(Cc1ccccc1)C(=O)[C@@H]1C[C@@H](c2ccc(F)cc2)N([S+](=O)([O-])c2ccccc2)C1. The highest BCUT2D eigenvalue weighted by Gasteiger charge is 2.47. The van der Waals surface area contributed by atoms with Gasteiger partial charge in [0.2, 0.25) is 5.91 Å². The topological polar surface area (TPSA) is 63.7 Å². The summed E-state index contributed by atoms with van der Waals surface area (Å²) in [7, 11) is -2.10. The lowest BCUT2D eigenvalue weighted by molar-refractivity contribution is -0.134. The molecule has 1 saturated heterocycles. The van der Waals surface area contributed by atoms with Crippen LogP contribution in [0, 0.1) is 11.7 Å². The number of hydrogen-bond donors (Lipinski definition) is 0. The standard InChI is InChI=1S/C25H25FN2O3S/c1-27(17-19-8-4-2-5-9-19)25(29)21-16-24(20-12-14-22(26)15-13-20)28(18-21)32(30,31)23-10-6-3-7-11-23/h2-15,21,24H,16-18H2,1H3/t21-,24+/m1/s1. The monoisotopic (exact) mass is 452 g/mol. The van der Waals surface area contributed by atoms with Crippen molar-refractivity contribution in [3.8, 4) is 0 Å². The first-order chi connectivity index (χ1) is 15.4. The molecule has 0 N–H and O–H groups in total.